The van der Waals surface area contributed by atoms with Crippen LogP contribution in [-0.2, 0) is 4.79 Å². The molecule has 2 aromatic rings. The summed E-state index contributed by atoms with van der Waals surface area (Å²) in [5.74, 6) is -1.88. The highest BCUT2D eigenvalue weighted by atomic mass is 19.1. The largest absolute Gasteiger partial charge is 0.546 e. The highest BCUT2D eigenvalue weighted by molar-refractivity contribution is 6.01. The van der Waals surface area contributed by atoms with Gasteiger partial charge in [-0.25, -0.2) is 9.82 Å². The summed E-state index contributed by atoms with van der Waals surface area (Å²) in [4.78, 5) is 22.3. The minimum absolute atomic E-state index is 0.277. The van der Waals surface area contributed by atoms with Gasteiger partial charge in [-0.3, -0.25) is 4.79 Å². The van der Waals surface area contributed by atoms with E-state index in [0.29, 0.717) is 17.0 Å². The van der Waals surface area contributed by atoms with Crippen LogP contribution in [0.25, 0.3) is 0 Å². The molecule has 124 valence electrons. The van der Waals surface area contributed by atoms with E-state index in [0.717, 1.165) is 0 Å². The quantitative estimate of drug-likeness (QED) is 0.635. The van der Waals surface area contributed by atoms with Crippen molar-refractivity contribution in [2.45, 2.75) is 6.92 Å². The second-order valence-corrected chi connectivity index (χ2v) is 4.83. The van der Waals surface area contributed by atoms with Crippen molar-refractivity contribution >= 4 is 17.6 Å². The first-order valence-electron chi connectivity index (χ1n) is 6.99. The van der Waals surface area contributed by atoms with Crippen molar-refractivity contribution < 1.29 is 23.8 Å². The molecule has 7 heteroatoms. The second kappa shape index (κ2) is 7.87. The summed E-state index contributed by atoms with van der Waals surface area (Å²) in [7, 11) is 0. The van der Waals surface area contributed by atoms with Gasteiger partial charge < -0.3 is 14.6 Å². The van der Waals surface area contributed by atoms with Gasteiger partial charge in [0.1, 0.15) is 18.2 Å². The number of carbonyl (C=O) groups excluding carboxylic acids is 2. The van der Waals surface area contributed by atoms with Crippen molar-refractivity contribution in [1.82, 2.24) is 5.43 Å². The Morgan fingerprint density at radius 2 is 1.88 bits per heavy atom. The Hall–Kier alpha value is -3.22. The average Bonchev–Trinajstić information content (AvgIpc) is 2.58. The molecule has 2 rings (SSSR count). The van der Waals surface area contributed by atoms with Gasteiger partial charge in [0.25, 0.3) is 5.91 Å². The molecule has 0 saturated heterocycles. The van der Waals surface area contributed by atoms with Crippen molar-refractivity contribution in [3.05, 3.63) is 65.5 Å². The zero-order valence-corrected chi connectivity index (χ0v) is 12.8. The molecule has 2 aromatic carbocycles. The van der Waals surface area contributed by atoms with Crippen LogP contribution in [0.3, 0.4) is 0 Å². The van der Waals surface area contributed by atoms with Gasteiger partial charge in [-0.1, -0.05) is 12.1 Å². The fourth-order valence-corrected chi connectivity index (χ4v) is 1.82. The maximum absolute atomic E-state index is 12.8. The summed E-state index contributed by atoms with van der Waals surface area (Å²) < 4.78 is 17.8. The first kappa shape index (κ1) is 17.1. The van der Waals surface area contributed by atoms with Gasteiger partial charge in [-0.2, -0.15) is 5.10 Å². The maximum atomic E-state index is 12.8. The third-order valence-corrected chi connectivity index (χ3v) is 3.04. The highest BCUT2D eigenvalue weighted by Gasteiger charge is 2.05. The number of hydrogen-bond donors (Lipinski definition) is 1. The molecule has 1 N–H and O–H groups in total. The number of benzene rings is 2. The van der Waals surface area contributed by atoms with Crippen molar-refractivity contribution in [2.75, 3.05) is 6.61 Å². The number of hydrazone groups is 1. The van der Waals surface area contributed by atoms with Gasteiger partial charge in [0.15, 0.2) is 0 Å². The van der Waals surface area contributed by atoms with Crippen molar-refractivity contribution in [2.24, 2.45) is 5.10 Å². The molecule has 0 aromatic heterocycles. The van der Waals surface area contributed by atoms with E-state index in [-0.39, 0.29) is 5.56 Å². The molecule has 0 fully saturated rings. The lowest BCUT2D eigenvalue weighted by Gasteiger charge is -2.08. The number of nitrogens with one attached hydrogen (secondary N) is 1. The molecule has 6 nitrogen and oxygen atoms in total. The van der Waals surface area contributed by atoms with Gasteiger partial charge >= 0.3 is 0 Å². The van der Waals surface area contributed by atoms with Crippen LogP contribution in [0, 0.1) is 5.82 Å². The van der Waals surface area contributed by atoms with Crippen LogP contribution in [-0.4, -0.2) is 24.2 Å². The fourth-order valence-electron chi connectivity index (χ4n) is 1.82. The molecule has 0 bridgehead atoms. The van der Waals surface area contributed by atoms with E-state index in [1.54, 1.807) is 31.2 Å². The van der Waals surface area contributed by atoms with Crippen LogP contribution < -0.4 is 15.3 Å². The molecule has 0 aliphatic carbocycles. The van der Waals surface area contributed by atoms with Crippen LogP contribution in [0.4, 0.5) is 4.39 Å². The molecule has 0 atom stereocenters. The van der Waals surface area contributed by atoms with Crippen LogP contribution >= 0.6 is 0 Å². The van der Waals surface area contributed by atoms with Gasteiger partial charge in [0.2, 0.25) is 0 Å². The summed E-state index contributed by atoms with van der Waals surface area (Å²) in [6, 6.07) is 11.7. The molecule has 0 unspecified atom stereocenters. The van der Waals surface area contributed by atoms with E-state index in [1.807, 2.05) is 0 Å². The van der Waals surface area contributed by atoms with Crippen molar-refractivity contribution in [1.29, 1.82) is 0 Å². The zero-order valence-electron chi connectivity index (χ0n) is 12.8. The van der Waals surface area contributed by atoms with E-state index in [9.17, 15) is 19.1 Å². The van der Waals surface area contributed by atoms with Crippen molar-refractivity contribution in [3.8, 4) is 5.75 Å². The van der Waals surface area contributed by atoms with Crippen LogP contribution in [0.2, 0.25) is 0 Å². The smallest absolute Gasteiger partial charge is 0.271 e. The SMILES string of the molecule is C/C(=N/NC(=O)c1ccc(F)cc1)c1cccc(OCC(=O)[O-])c1. The fraction of sp³-hybridized carbons (Fsp3) is 0.118. The topological polar surface area (TPSA) is 90.8 Å². The Kier molecular flexibility index (Phi) is 5.62. The van der Waals surface area contributed by atoms with Crippen LogP contribution in [0.1, 0.15) is 22.8 Å². The molecule has 0 aliphatic heterocycles. The molecular formula is C17H14FN2O4-. The molecule has 0 heterocycles. The molecule has 0 aliphatic rings. The van der Waals surface area contributed by atoms with Crippen molar-refractivity contribution in [3.63, 3.8) is 0 Å². The van der Waals surface area contributed by atoms with Crippen LogP contribution in [0.5, 0.6) is 5.75 Å². The zero-order chi connectivity index (χ0) is 17.5. The average molecular weight is 329 g/mol. The molecule has 0 radical (unpaired) electrons. The minimum atomic E-state index is -1.32. The predicted octanol–water partition coefficient (Wildman–Crippen LogP) is 1.11. The Morgan fingerprint density at radius 1 is 1.17 bits per heavy atom. The summed E-state index contributed by atoms with van der Waals surface area (Å²) in [6.07, 6.45) is 0. The first-order chi connectivity index (χ1) is 11.5. The Bertz CT molecular complexity index is 772. The van der Waals surface area contributed by atoms with Gasteiger partial charge in [0, 0.05) is 11.1 Å². The lowest BCUT2D eigenvalue weighted by atomic mass is 10.1. The monoisotopic (exact) mass is 329 g/mol. The van der Waals surface area contributed by atoms with Gasteiger partial charge in [0.05, 0.1) is 11.7 Å². The number of carbonyl (C=O) groups is 2. The van der Waals surface area contributed by atoms with E-state index < -0.39 is 24.3 Å². The number of amides is 1. The molecule has 24 heavy (non-hydrogen) atoms. The molecule has 0 spiro atoms. The third kappa shape index (κ3) is 4.91. The third-order valence-electron chi connectivity index (χ3n) is 3.04. The van der Waals surface area contributed by atoms with Crippen LogP contribution in [0.15, 0.2) is 53.6 Å². The number of aliphatic carboxylic acids is 1. The molecular weight excluding hydrogens is 315 g/mol. The number of hydrogen-bond acceptors (Lipinski definition) is 5. The number of ether oxygens (including phenoxy) is 1. The highest BCUT2D eigenvalue weighted by Crippen LogP contribution is 2.14. The normalized spacial score (nSPS) is 11.0. The van der Waals surface area contributed by atoms with E-state index in [4.69, 9.17) is 4.74 Å². The first-order valence-corrected chi connectivity index (χ1v) is 6.99. The van der Waals surface area contributed by atoms with Gasteiger partial charge in [-0.05, 0) is 43.3 Å². The summed E-state index contributed by atoms with van der Waals surface area (Å²) in [6.45, 7) is 1.11. The van der Waals surface area contributed by atoms with Gasteiger partial charge in [-0.15, -0.1) is 0 Å². The minimum Gasteiger partial charge on any atom is -0.546 e. The number of carboxylic acid groups (broad SMARTS) is 1. The maximum Gasteiger partial charge on any atom is 0.271 e. The lowest BCUT2D eigenvalue weighted by molar-refractivity contribution is -0.307. The van der Waals surface area contributed by atoms with E-state index in [2.05, 4.69) is 10.5 Å². The second-order valence-electron chi connectivity index (χ2n) is 4.83. The standard InChI is InChI=1S/C17H15FN2O4/c1-11(13-3-2-4-15(9-13)24-10-16(21)22)19-20-17(23)12-5-7-14(18)8-6-12/h2-9H,10H2,1H3,(H,20,23)(H,21,22)/p-1/b19-11-. The summed E-state index contributed by atoms with van der Waals surface area (Å²) >= 11 is 0. The Morgan fingerprint density at radius 3 is 2.54 bits per heavy atom. The summed E-state index contributed by atoms with van der Waals surface area (Å²) in [5, 5.41) is 14.4. The van der Waals surface area contributed by atoms with E-state index >= 15 is 0 Å². The number of rotatable bonds is 6. The molecule has 1 amide bonds. The number of halogens is 1. The summed E-state index contributed by atoms with van der Waals surface area (Å²) in [5.41, 5.74) is 3.78. The Labute approximate surface area is 137 Å². The number of nitrogens with zero attached hydrogens (tertiary/aromatic N) is 1. The predicted molar refractivity (Wildman–Crippen MR) is 83.0 cm³/mol. The molecule has 0 saturated carbocycles. The Balaban J connectivity index is 2.04. The lowest BCUT2D eigenvalue weighted by Crippen LogP contribution is -2.28. The number of carboxylic acids is 1. The van der Waals surface area contributed by atoms with E-state index in [1.165, 1.54) is 24.3 Å².